The van der Waals surface area contributed by atoms with Gasteiger partial charge in [0.2, 0.25) is 10.0 Å². The third-order valence-corrected chi connectivity index (χ3v) is 5.62. The summed E-state index contributed by atoms with van der Waals surface area (Å²) >= 11 is 0. The Morgan fingerprint density at radius 1 is 1.37 bits per heavy atom. The standard InChI is InChI=1S/C14H22N2O2S/c1-2-14-7-4-8-16(14)19(17,18)11-13-6-3-5-12(9-13)10-15/h3,5-6,9,14H,2,4,7-8,10-11,15H2,1H3. The zero-order valence-electron chi connectivity index (χ0n) is 11.4. The van der Waals surface area contributed by atoms with Crippen molar-refractivity contribution in [1.82, 2.24) is 4.31 Å². The number of nitrogens with zero attached hydrogens (tertiary/aromatic N) is 1. The van der Waals surface area contributed by atoms with Gasteiger partial charge < -0.3 is 5.73 Å². The van der Waals surface area contributed by atoms with E-state index in [4.69, 9.17) is 5.73 Å². The van der Waals surface area contributed by atoms with Gasteiger partial charge in [-0.2, -0.15) is 4.31 Å². The molecular formula is C14H22N2O2S. The zero-order valence-corrected chi connectivity index (χ0v) is 12.2. The summed E-state index contributed by atoms with van der Waals surface area (Å²) in [6, 6.07) is 7.71. The predicted octanol–water partition coefficient (Wildman–Crippen LogP) is 1.85. The quantitative estimate of drug-likeness (QED) is 0.896. The third-order valence-electron chi connectivity index (χ3n) is 3.73. The molecule has 0 aliphatic carbocycles. The molecule has 106 valence electrons. The second-order valence-corrected chi connectivity index (χ2v) is 7.02. The molecule has 0 radical (unpaired) electrons. The summed E-state index contributed by atoms with van der Waals surface area (Å²) in [5.41, 5.74) is 7.39. The van der Waals surface area contributed by atoms with Gasteiger partial charge in [0, 0.05) is 19.1 Å². The molecule has 0 amide bonds. The van der Waals surface area contributed by atoms with Crippen molar-refractivity contribution in [2.24, 2.45) is 5.73 Å². The molecule has 1 fully saturated rings. The fraction of sp³-hybridized carbons (Fsp3) is 0.571. The molecule has 1 aromatic rings. The van der Waals surface area contributed by atoms with Crippen molar-refractivity contribution in [3.05, 3.63) is 35.4 Å². The first kappa shape index (κ1) is 14.5. The number of rotatable bonds is 5. The lowest BCUT2D eigenvalue weighted by molar-refractivity contribution is 0.379. The van der Waals surface area contributed by atoms with E-state index < -0.39 is 10.0 Å². The van der Waals surface area contributed by atoms with Crippen molar-refractivity contribution in [3.63, 3.8) is 0 Å². The maximum absolute atomic E-state index is 12.5. The lowest BCUT2D eigenvalue weighted by Crippen LogP contribution is -2.35. The molecule has 2 N–H and O–H groups in total. The Morgan fingerprint density at radius 2 is 2.11 bits per heavy atom. The normalized spacial score (nSPS) is 20.8. The molecule has 19 heavy (non-hydrogen) atoms. The van der Waals surface area contributed by atoms with E-state index >= 15 is 0 Å². The molecular weight excluding hydrogens is 260 g/mol. The van der Waals surface area contributed by atoms with Crippen LogP contribution >= 0.6 is 0 Å². The van der Waals surface area contributed by atoms with Gasteiger partial charge >= 0.3 is 0 Å². The first-order valence-corrected chi connectivity index (χ1v) is 8.45. The molecule has 5 heteroatoms. The minimum atomic E-state index is -3.21. The highest BCUT2D eigenvalue weighted by Crippen LogP contribution is 2.25. The highest BCUT2D eigenvalue weighted by atomic mass is 32.2. The minimum absolute atomic E-state index is 0.0807. The smallest absolute Gasteiger partial charge is 0.218 e. The first-order chi connectivity index (χ1) is 9.06. The van der Waals surface area contributed by atoms with Gasteiger partial charge in [-0.1, -0.05) is 31.2 Å². The Bertz CT molecular complexity index is 528. The van der Waals surface area contributed by atoms with E-state index in [2.05, 4.69) is 0 Å². The average molecular weight is 282 g/mol. The van der Waals surface area contributed by atoms with E-state index in [-0.39, 0.29) is 11.8 Å². The molecule has 1 unspecified atom stereocenters. The molecule has 1 aromatic carbocycles. The molecule has 0 spiro atoms. The Morgan fingerprint density at radius 3 is 2.79 bits per heavy atom. The Labute approximate surface area is 115 Å². The van der Waals surface area contributed by atoms with Crippen molar-refractivity contribution in [1.29, 1.82) is 0 Å². The number of sulfonamides is 1. The second-order valence-electron chi connectivity index (χ2n) is 5.10. The summed E-state index contributed by atoms with van der Waals surface area (Å²) in [6.07, 6.45) is 2.85. The molecule has 0 bridgehead atoms. The lowest BCUT2D eigenvalue weighted by Gasteiger charge is -2.23. The summed E-state index contributed by atoms with van der Waals surface area (Å²) in [7, 11) is -3.21. The van der Waals surface area contributed by atoms with Crippen LogP contribution in [0.3, 0.4) is 0 Å². The van der Waals surface area contributed by atoms with Gasteiger partial charge in [0.25, 0.3) is 0 Å². The number of hydrogen-bond donors (Lipinski definition) is 1. The van der Waals surface area contributed by atoms with Crippen LogP contribution in [0.5, 0.6) is 0 Å². The Kier molecular flexibility index (Phi) is 4.60. The van der Waals surface area contributed by atoms with E-state index in [0.29, 0.717) is 13.1 Å². The summed E-state index contributed by atoms with van der Waals surface area (Å²) in [6.45, 7) is 3.15. The molecule has 4 nitrogen and oxygen atoms in total. The van der Waals surface area contributed by atoms with Crippen molar-refractivity contribution in [2.45, 2.75) is 44.5 Å². The van der Waals surface area contributed by atoms with Gasteiger partial charge in [0.1, 0.15) is 0 Å². The molecule has 0 saturated carbocycles. The first-order valence-electron chi connectivity index (χ1n) is 6.84. The maximum atomic E-state index is 12.5. The lowest BCUT2D eigenvalue weighted by atomic mass is 10.1. The van der Waals surface area contributed by atoms with Crippen LogP contribution in [0.2, 0.25) is 0 Å². The number of nitrogens with two attached hydrogens (primary N) is 1. The van der Waals surface area contributed by atoms with Crippen LogP contribution in [0.15, 0.2) is 24.3 Å². The van der Waals surface area contributed by atoms with Crippen molar-refractivity contribution < 1.29 is 8.42 Å². The van der Waals surface area contributed by atoms with Crippen molar-refractivity contribution in [3.8, 4) is 0 Å². The Balaban J connectivity index is 2.16. The molecule has 0 aromatic heterocycles. The molecule has 1 aliphatic heterocycles. The van der Waals surface area contributed by atoms with Crippen LogP contribution in [-0.4, -0.2) is 25.3 Å². The van der Waals surface area contributed by atoms with Crippen molar-refractivity contribution >= 4 is 10.0 Å². The summed E-state index contributed by atoms with van der Waals surface area (Å²) < 4.78 is 26.6. The van der Waals surface area contributed by atoms with Gasteiger partial charge in [-0.3, -0.25) is 0 Å². The predicted molar refractivity (Wildman–Crippen MR) is 77.0 cm³/mol. The van der Waals surface area contributed by atoms with Gasteiger partial charge in [-0.05, 0) is 30.4 Å². The highest BCUT2D eigenvalue weighted by molar-refractivity contribution is 7.88. The average Bonchev–Trinajstić information content (AvgIpc) is 2.87. The number of benzene rings is 1. The van der Waals surface area contributed by atoms with E-state index in [0.717, 1.165) is 30.4 Å². The molecule has 1 atom stereocenters. The summed E-state index contributed by atoms with van der Waals surface area (Å²) in [5.74, 6) is 0.0807. The topological polar surface area (TPSA) is 63.4 Å². The zero-order chi connectivity index (χ0) is 13.9. The monoisotopic (exact) mass is 282 g/mol. The largest absolute Gasteiger partial charge is 0.326 e. The van der Waals surface area contributed by atoms with Crippen LogP contribution in [0, 0.1) is 0 Å². The summed E-state index contributed by atoms with van der Waals surface area (Å²) in [4.78, 5) is 0. The molecule has 1 heterocycles. The maximum Gasteiger partial charge on any atom is 0.218 e. The van der Waals surface area contributed by atoms with Crippen LogP contribution in [0.1, 0.15) is 37.3 Å². The van der Waals surface area contributed by atoms with Crippen molar-refractivity contribution in [2.75, 3.05) is 6.54 Å². The van der Waals surface area contributed by atoms with Gasteiger partial charge in [0.15, 0.2) is 0 Å². The van der Waals surface area contributed by atoms with E-state index in [1.165, 1.54) is 0 Å². The highest BCUT2D eigenvalue weighted by Gasteiger charge is 2.32. The minimum Gasteiger partial charge on any atom is -0.326 e. The van der Waals surface area contributed by atoms with E-state index in [9.17, 15) is 8.42 Å². The molecule has 1 aliphatic rings. The third kappa shape index (κ3) is 3.35. The second kappa shape index (κ2) is 6.03. The van der Waals surface area contributed by atoms with E-state index in [1.54, 1.807) is 4.31 Å². The van der Waals surface area contributed by atoms with Gasteiger partial charge in [0.05, 0.1) is 5.75 Å². The van der Waals surface area contributed by atoms with Gasteiger partial charge in [-0.15, -0.1) is 0 Å². The van der Waals surface area contributed by atoms with Crippen LogP contribution < -0.4 is 5.73 Å². The summed E-state index contributed by atoms with van der Waals surface area (Å²) in [5, 5.41) is 0. The number of hydrogen-bond acceptors (Lipinski definition) is 3. The molecule has 1 saturated heterocycles. The van der Waals surface area contributed by atoms with Crippen LogP contribution in [-0.2, 0) is 22.3 Å². The molecule has 2 rings (SSSR count). The fourth-order valence-electron chi connectivity index (χ4n) is 2.72. The Hall–Kier alpha value is -0.910. The van der Waals surface area contributed by atoms with Crippen LogP contribution in [0.25, 0.3) is 0 Å². The van der Waals surface area contributed by atoms with Gasteiger partial charge in [-0.25, -0.2) is 8.42 Å². The van der Waals surface area contributed by atoms with E-state index in [1.807, 2.05) is 31.2 Å². The SMILES string of the molecule is CCC1CCCN1S(=O)(=O)Cc1cccc(CN)c1. The fourth-order valence-corrected chi connectivity index (χ4v) is 4.61. The van der Waals surface area contributed by atoms with Crippen LogP contribution in [0.4, 0.5) is 0 Å².